The first-order valence-corrected chi connectivity index (χ1v) is 9.73. The van der Waals surface area contributed by atoms with E-state index in [0.717, 1.165) is 0 Å². The van der Waals surface area contributed by atoms with E-state index in [1.807, 2.05) is 13.8 Å². The first-order chi connectivity index (χ1) is 9.06. The first kappa shape index (κ1) is 17.3. The van der Waals surface area contributed by atoms with Crippen molar-refractivity contribution in [2.24, 2.45) is 17.3 Å². The molecule has 1 N–H and O–H groups in total. The summed E-state index contributed by atoms with van der Waals surface area (Å²) < 4.78 is 21.9. The molecule has 1 aliphatic heterocycles. The van der Waals surface area contributed by atoms with Crippen molar-refractivity contribution in [3.63, 3.8) is 0 Å². The number of rotatable bonds is 4. The minimum Gasteiger partial charge on any atom is -0.481 e. The number of aliphatic carboxylic acids is 1. The number of halogens is 3. The molecular formula is C11H15Br3O5P+. The second-order valence-electron chi connectivity index (χ2n) is 5.62. The van der Waals surface area contributed by atoms with Gasteiger partial charge in [0.1, 0.15) is 12.7 Å². The molecule has 0 spiro atoms. The van der Waals surface area contributed by atoms with Crippen LogP contribution < -0.4 is 0 Å². The Morgan fingerprint density at radius 3 is 2.45 bits per heavy atom. The van der Waals surface area contributed by atoms with E-state index in [1.54, 1.807) is 0 Å². The van der Waals surface area contributed by atoms with Crippen LogP contribution in [0.2, 0.25) is 0 Å². The molecule has 9 heteroatoms. The second-order valence-corrected chi connectivity index (χ2v) is 14.0. The third-order valence-corrected chi connectivity index (χ3v) is 6.59. The molecule has 0 radical (unpaired) electrons. The van der Waals surface area contributed by atoms with E-state index < -0.39 is 34.0 Å². The number of hydrogen-bond donors (Lipinski definition) is 1. The molecule has 0 amide bonds. The van der Waals surface area contributed by atoms with E-state index in [0.29, 0.717) is 13.0 Å². The molecule has 0 bridgehead atoms. The number of carboxylic acids is 1. The van der Waals surface area contributed by atoms with Gasteiger partial charge >= 0.3 is 14.0 Å². The van der Waals surface area contributed by atoms with Crippen LogP contribution in [0.4, 0.5) is 0 Å². The lowest BCUT2D eigenvalue weighted by Crippen LogP contribution is -2.34. The van der Waals surface area contributed by atoms with Crippen LogP contribution in [0.3, 0.4) is 0 Å². The van der Waals surface area contributed by atoms with Crippen molar-refractivity contribution >= 4 is 61.8 Å². The lowest BCUT2D eigenvalue weighted by atomic mass is 10.1. The zero-order valence-electron chi connectivity index (χ0n) is 10.9. The van der Waals surface area contributed by atoms with Crippen LogP contribution >= 0.6 is 55.8 Å². The van der Waals surface area contributed by atoms with Crippen molar-refractivity contribution in [2.75, 3.05) is 6.61 Å². The molecule has 5 nitrogen and oxygen atoms in total. The van der Waals surface area contributed by atoms with Gasteiger partial charge in [0.15, 0.2) is 2.14 Å². The minimum atomic E-state index is -1.85. The van der Waals surface area contributed by atoms with E-state index in [9.17, 15) is 14.5 Å². The standard InChI is InChI=1S/C11H14Br3O5P/c1-10(2)6(7(10)9(15)16)8(11(12,13)14)19-5-3-4-18-20(5)17/h5-8H,3-4H2,1-2H3/p+1/t5-,6+,7-,8+/m0/s1. The fourth-order valence-corrected chi connectivity index (χ4v) is 4.98. The Morgan fingerprint density at radius 2 is 2.10 bits per heavy atom. The Hall–Kier alpha value is 0.930. The van der Waals surface area contributed by atoms with Crippen molar-refractivity contribution in [3.8, 4) is 0 Å². The van der Waals surface area contributed by atoms with Crippen LogP contribution in [0.1, 0.15) is 20.3 Å². The molecule has 1 unspecified atom stereocenters. The molecule has 1 heterocycles. The fourth-order valence-electron chi connectivity index (χ4n) is 2.80. The Bertz CT molecular complexity index is 436. The predicted octanol–water partition coefficient (Wildman–Crippen LogP) is 4.06. The fraction of sp³-hybridized carbons (Fsp3) is 0.909. The van der Waals surface area contributed by atoms with Crippen molar-refractivity contribution in [3.05, 3.63) is 0 Å². The smallest absolute Gasteiger partial charge is 0.481 e. The number of alkyl halides is 3. The lowest BCUT2D eigenvalue weighted by Gasteiger charge is -2.27. The Balaban J connectivity index is 2.18. The molecule has 1 aliphatic carbocycles. The number of carboxylic acid groups (broad SMARTS) is 1. The number of hydrogen-bond acceptors (Lipinski definition) is 4. The molecule has 114 valence electrons. The van der Waals surface area contributed by atoms with Gasteiger partial charge in [-0.05, 0) is 9.98 Å². The van der Waals surface area contributed by atoms with E-state index >= 15 is 0 Å². The summed E-state index contributed by atoms with van der Waals surface area (Å²) >= 11 is 10.3. The summed E-state index contributed by atoms with van der Waals surface area (Å²) in [6.07, 6.45) is 0.0731. The van der Waals surface area contributed by atoms with Gasteiger partial charge in [0, 0.05) is 5.92 Å². The van der Waals surface area contributed by atoms with Crippen molar-refractivity contribution in [1.82, 2.24) is 0 Å². The molecule has 1 saturated carbocycles. The van der Waals surface area contributed by atoms with E-state index in [-0.39, 0.29) is 11.3 Å². The molecule has 20 heavy (non-hydrogen) atoms. The normalized spacial score (nSPS) is 35.9. The van der Waals surface area contributed by atoms with E-state index in [4.69, 9.17) is 9.26 Å². The summed E-state index contributed by atoms with van der Waals surface area (Å²) in [5.74, 6) is -2.01. The maximum atomic E-state index is 11.7. The largest absolute Gasteiger partial charge is 0.540 e. The van der Waals surface area contributed by atoms with Gasteiger partial charge in [0.25, 0.3) is 5.85 Å². The van der Waals surface area contributed by atoms with Gasteiger partial charge in [0.05, 0.1) is 12.3 Å². The van der Waals surface area contributed by atoms with Gasteiger partial charge in [-0.2, -0.15) is 0 Å². The molecular weight excluding hydrogens is 483 g/mol. The Kier molecular flexibility index (Phi) is 5.06. The van der Waals surface area contributed by atoms with Crippen LogP contribution in [-0.4, -0.2) is 31.8 Å². The molecule has 2 fully saturated rings. The van der Waals surface area contributed by atoms with Gasteiger partial charge in [-0.3, -0.25) is 4.79 Å². The zero-order chi connectivity index (χ0) is 15.3. The number of ether oxygens (including phenoxy) is 1. The highest BCUT2D eigenvalue weighted by Crippen LogP contribution is 2.65. The summed E-state index contributed by atoms with van der Waals surface area (Å²) in [6, 6.07) is 0. The van der Waals surface area contributed by atoms with Gasteiger partial charge in [-0.1, -0.05) is 61.6 Å². The molecule has 0 aromatic heterocycles. The Labute approximate surface area is 143 Å². The minimum absolute atomic E-state index is 0.192. The topological polar surface area (TPSA) is 72.8 Å². The van der Waals surface area contributed by atoms with Crippen molar-refractivity contribution < 1.29 is 23.7 Å². The summed E-state index contributed by atoms with van der Waals surface area (Å²) in [4.78, 5) is 11.3. The highest BCUT2D eigenvalue weighted by molar-refractivity contribution is 9.39. The van der Waals surface area contributed by atoms with Crippen LogP contribution in [-0.2, 0) is 18.6 Å². The van der Waals surface area contributed by atoms with E-state index in [1.165, 1.54) is 0 Å². The Morgan fingerprint density at radius 1 is 1.50 bits per heavy atom. The highest BCUT2D eigenvalue weighted by Gasteiger charge is 2.69. The van der Waals surface area contributed by atoms with Gasteiger partial charge in [0.2, 0.25) is 0 Å². The average Bonchev–Trinajstić information content (AvgIpc) is 2.61. The maximum Gasteiger partial charge on any atom is 0.540 e. The molecule has 1 saturated heterocycles. The predicted molar refractivity (Wildman–Crippen MR) is 84.7 cm³/mol. The first-order valence-electron chi connectivity index (χ1n) is 6.11. The van der Waals surface area contributed by atoms with Crippen LogP contribution in [0, 0.1) is 17.3 Å². The second kappa shape index (κ2) is 5.85. The van der Waals surface area contributed by atoms with Crippen LogP contribution in [0.5, 0.6) is 0 Å². The third-order valence-electron chi connectivity index (χ3n) is 3.95. The van der Waals surface area contributed by atoms with Gasteiger partial charge in [-0.25, -0.2) is 0 Å². The van der Waals surface area contributed by atoms with Gasteiger partial charge in [-0.15, -0.1) is 4.52 Å². The van der Waals surface area contributed by atoms with Crippen LogP contribution in [0.25, 0.3) is 0 Å². The molecule has 0 aromatic carbocycles. The monoisotopic (exact) mass is 495 g/mol. The highest BCUT2D eigenvalue weighted by atomic mass is 80.0. The average molecular weight is 498 g/mol. The van der Waals surface area contributed by atoms with Crippen molar-refractivity contribution in [2.45, 2.75) is 34.4 Å². The summed E-state index contributed by atoms with van der Waals surface area (Å²) in [5.41, 5.74) is -0.373. The zero-order valence-corrected chi connectivity index (χ0v) is 16.5. The van der Waals surface area contributed by atoms with Crippen LogP contribution in [0.15, 0.2) is 0 Å². The SMILES string of the molecule is CC1(C)[C@@H]([C@@H](O[C@@H]2CCO[P+]2=O)C(Br)(Br)Br)[C@H]1C(=O)O. The summed E-state index contributed by atoms with van der Waals surface area (Å²) in [5, 5.41) is 9.30. The maximum absolute atomic E-state index is 11.7. The molecule has 5 atom stereocenters. The third kappa shape index (κ3) is 3.30. The van der Waals surface area contributed by atoms with E-state index in [2.05, 4.69) is 47.8 Å². The molecule has 2 aliphatic rings. The lowest BCUT2D eigenvalue weighted by molar-refractivity contribution is -0.140. The molecule has 2 rings (SSSR count). The summed E-state index contributed by atoms with van der Waals surface area (Å²) in [6.45, 7) is 4.20. The quantitative estimate of drug-likeness (QED) is 0.468. The van der Waals surface area contributed by atoms with Crippen molar-refractivity contribution in [1.29, 1.82) is 0 Å². The van der Waals surface area contributed by atoms with Gasteiger partial charge < -0.3 is 9.84 Å². The number of carbonyl (C=O) groups is 1. The summed E-state index contributed by atoms with van der Waals surface area (Å²) in [7, 11) is -1.85. The molecule has 0 aromatic rings.